The molecule has 38 heteroatoms. The van der Waals surface area contributed by atoms with Crippen LogP contribution >= 0.6 is 0 Å². The zero-order valence-corrected chi connectivity index (χ0v) is 47.8. The standard InChI is InChI=1S/C53H80N2O36/c56-8-19-40-27(64)34(71)49(80-19)88-42-21(10-58)82-51(36(73)29(42)66)90-44-23(12-60)84-53(38(75)31(44)68)91-45-24(13-61)83-52(37(74)30(45)67)89-43-22(11-59)81-50(35(72)28(43)65)87-41-20(9-57)79-48(33(70)26(41)63)85-39-18(78-47(86-40)32(69)25(39)62)7-55-17(46(76)77)5-14-6-54-16-4-2-1-3-15(14)16/h1-4,6,17-45,47-75H,5,7-13H2,(H,76,77)/t17-,18-,19-,20-,21-,22-,23-,24-,25-,26-,27-,28-,29-,30-,31-,32-,33-,34-,35-,36-,37-,38-,39-,40-,41-,42-,43-,44-,45-,47-,48-,49-,50-,51-,52-,53-/m1/s1. The number of aliphatic hydroxyl groups is 20. The van der Waals surface area contributed by atoms with E-state index in [1.54, 1.807) is 30.5 Å². The molecule has 21 aliphatic rings. The van der Waals surface area contributed by atoms with E-state index in [2.05, 4.69) is 10.3 Å². The molecule has 21 fully saturated rings. The van der Waals surface area contributed by atoms with Crippen molar-refractivity contribution in [3.8, 4) is 0 Å². The molecule has 518 valence electrons. The van der Waals surface area contributed by atoms with E-state index >= 15 is 0 Å². The second-order valence-electron chi connectivity index (χ2n) is 23.3. The molecule has 91 heavy (non-hydrogen) atoms. The lowest BCUT2D eigenvalue weighted by atomic mass is 9.95. The summed E-state index contributed by atoms with van der Waals surface area (Å²) in [5, 5.41) is 239. The summed E-state index contributed by atoms with van der Waals surface area (Å²) in [6.45, 7) is -7.11. The van der Waals surface area contributed by atoms with Crippen molar-refractivity contribution in [1.29, 1.82) is 0 Å². The number of ether oxygens (including phenoxy) is 14. The predicted molar refractivity (Wildman–Crippen MR) is 283 cm³/mol. The van der Waals surface area contributed by atoms with Gasteiger partial charge in [0.1, 0.15) is 177 Å². The second kappa shape index (κ2) is 30.1. The van der Waals surface area contributed by atoms with Crippen LogP contribution in [0.5, 0.6) is 0 Å². The van der Waals surface area contributed by atoms with Crippen LogP contribution in [0.2, 0.25) is 0 Å². The van der Waals surface area contributed by atoms with E-state index in [9.17, 15) is 112 Å². The van der Waals surface area contributed by atoms with E-state index in [4.69, 9.17) is 66.3 Å². The van der Waals surface area contributed by atoms with Crippen LogP contribution in [0.1, 0.15) is 5.56 Å². The minimum absolute atomic E-state index is 0.177. The summed E-state index contributed by atoms with van der Waals surface area (Å²) in [6, 6.07) is 5.53. The molecule has 22 heterocycles. The third-order valence-electron chi connectivity index (χ3n) is 17.6. The number of aliphatic carboxylic acids is 1. The first-order chi connectivity index (χ1) is 43.5. The lowest BCUT2D eigenvalue weighted by Crippen LogP contribution is -2.68. The third-order valence-corrected chi connectivity index (χ3v) is 17.6. The van der Waals surface area contributed by atoms with Gasteiger partial charge in [0.05, 0.1) is 39.6 Å². The van der Waals surface area contributed by atoms with Crippen molar-refractivity contribution in [2.24, 2.45) is 0 Å². The van der Waals surface area contributed by atoms with Gasteiger partial charge in [-0.3, -0.25) is 4.79 Å². The molecule has 0 amide bonds. The Bertz CT molecular complexity index is 2620. The van der Waals surface area contributed by atoms with Crippen LogP contribution in [-0.2, 0) is 77.5 Å². The number of carbonyl (C=O) groups is 1. The molecule has 0 aliphatic carbocycles. The number of rotatable bonds is 12. The maximum atomic E-state index is 12.9. The van der Waals surface area contributed by atoms with Crippen LogP contribution in [0.4, 0.5) is 0 Å². The number of aromatic nitrogens is 1. The highest BCUT2D eigenvalue weighted by Crippen LogP contribution is 2.39. The van der Waals surface area contributed by atoms with Gasteiger partial charge in [-0.2, -0.15) is 0 Å². The Morgan fingerprint density at radius 3 is 0.857 bits per heavy atom. The van der Waals surface area contributed by atoms with E-state index in [1.165, 1.54) is 0 Å². The molecule has 0 spiro atoms. The van der Waals surface area contributed by atoms with E-state index < -0.39 is 273 Å². The van der Waals surface area contributed by atoms with E-state index in [0.717, 1.165) is 0 Å². The molecular formula is C53H80N2O36. The summed E-state index contributed by atoms with van der Waals surface area (Å²) in [4.78, 5) is 15.9. The zero-order valence-electron chi connectivity index (χ0n) is 47.8. The number of aromatic amines is 1. The lowest BCUT2D eigenvalue weighted by Gasteiger charge is -2.50. The van der Waals surface area contributed by atoms with E-state index in [0.29, 0.717) is 16.5 Å². The monoisotopic (exact) mass is 1320 g/mol. The van der Waals surface area contributed by atoms with Crippen LogP contribution in [0, 0.1) is 0 Å². The van der Waals surface area contributed by atoms with Gasteiger partial charge in [0, 0.05) is 30.1 Å². The summed E-state index contributed by atoms with van der Waals surface area (Å²) < 4.78 is 81.4. The van der Waals surface area contributed by atoms with Crippen LogP contribution in [0.3, 0.4) is 0 Å². The number of H-pyrrole nitrogens is 1. The number of fused-ring (bicyclic) bond motifs is 1. The second-order valence-corrected chi connectivity index (χ2v) is 23.3. The molecule has 2 aromatic rings. The number of hydrogen-bond acceptors (Lipinski definition) is 36. The summed E-state index contributed by atoms with van der Waals surface area (Å²) in [6.07, 6.45) is -70.5. The maximum absolute atomic E-state index is 12.9. The Labute approximate surface area is 514 Å². The maximum Gasteiger partial charge on any atom is 0.321 e. The van der Waals surface area contributed by atoms with Gasteiger partial charge < -0.3 is 184 Å². The number of hydrogen-bond donors (Lipinski definition) is 23. The Balaban J connectivity index is 0.952. The van der Waals surface area contributed by atoms with Crippen molar-refractivity contribution in [3.63, 3.8) is 0 Å². The first kappa shape index (κ1) is 70.6. The minimum atomic E-state index is -2.29. The number of carboxylic acids is 1. The van der Waals surface area contributed by atoms with Crippen molar-refractivity contribution in [2.75, 3.05) is 46.2 Å². The lowest BCUT2D eigenvalue weighted by molar-refractivity contribution is -0.396. The highest BCUT2D eigenvalue weighted by molar-refractivity contribution is 5.84. The molecule has 21 saturated heterocycles. The van der Waals surface area contributed by atoms with Gasteiger partial charge in [-0.1, -0.05) is 18.2 Å². The van der Waals surface area contributed by atoms with Gasteiger partial charge in [-0.05, 0) is 11.6 Å². The first-order valence-corrected chi connectivity index (χ1v) is 29.3. The van der Waals surface area contributed by atoms with Crippen molar-refractivity contribution in [3.05, 3.63) is 36.0 Å². The molecule has 0 radical (unpaired) electrons. The van der Waals surface area contributed by atoms with Gasteiger partial charge in [0.15, 0.2) is 44.0 Å². The normalized spacial score (nSPS) is 49.0. The van der Waals surface area contributed by atoms with E-state index in [1.807, 2.05) is 0 Å². The van der Waals surface area contributed by atoms with E-state index in [-0.39, 0.29) is 6.42 Å². The number of para-hydroxylation sites is 1. The predicted octanol–water partition coefficient (Wildman–Crippen LogP) is -13.5. The fourth-order valence-corrected chi connectivity index (χ4v) is 12.5. The fourth-order valence-electron chi connectivity index (χ4n) is 12.5. The smallest absolute Gasteiger partial charge is 0.321 e. The molecule has 23 N–H and O–H groups in total. The highest BCUT2D eigenvalue weighted by atomic mass is 16.8. The topological polar surface area (TPSA) is 599 Å². The Morgan fingerprint density at radius 1 is 0.363 bits per heavy atom. The molecule has 23 rings (SSSR count). The van der Waals surface area contributed by atoms with Crippen LogP contribution < -0.4 is 5.32 Å². The molecular weight excluding hydrogens is 1240 g/mol. The molecule has 36 atom stereocenters. The molecule has 1 aromatic carbocycles. The number of carboxylic acid groups (broad SMARTS) is 1. The quantitative estimate of drug-likeness (QED) is 0.0938. The van der Waals surface area contributed by atoms with Gasteiger partial charge >= 0.3 is 5.97 Å². The molecule has 14 bridgehead atoms. The summed E-state index contributed by atoms with van der Waals surface area (Å²) in [5.74, 6) is -1.39. The average molecular weight is 1320 g/mol. The zero-order chi connectivity index (χ0) is 65.6. The number of aliphatic hydroxyl groups excluding tert-OH is 20. The van der Waals surface area contributed by atoms with Crippen molar-refractivity contribution in [2.45, 2.75) is 227 Å². The molecule has 38 nitrogen and oxygen atoms in total. The number of nitrogens with one attached hydrogen (secondary N) is 2. The fraction of sp³-hybridized carbons (Fsp3) is 0.830. The van der Waals surface area contributed by atoms with Crippen LogP contribution in [0.25, 0.3) is 10.9 Å². The summed E-state index contributed by atoms with van der Waals surface area (Å²) in [7, 11) is 0. The van der Waals surface area contributed by atoms with Gasteiger partial charge in [-0.25, -0.2) is 0 Å². The average Bonchev–Trinajstić information content (AvgIpc) is 2.17. The largest absolute Gasteiger partial charge is 0.480 e. The highest BCUT2D eigenvalue weighted by Gasteiger charge is 2.60. The Hall–Kier alpha value is -3.17. The Kier molecular flexibility index (Phi) is 23.3. The first-order valence-electron chi connectivity index (χ1n) is 29.3. The minimum Gasteiger partial charge on any atom is -0.480 e. The van der Waals surface area contributed by atoms with Gasteiger partial charge in [0.2, 0.25) is 0 Å². The molecule has 0 saturated carbocycles. The number of benzene rings is 1. The molecule has 1 aromatic heterocycles. The SMILES string of the molecule is O=C(O)[C@@H](Cc1c[nH]c2ccccc12)NC[C@H]1O[C@@H]2O[C@H]3[C@H](O)[C@@H](O)[C@@H](O[C@H]4[C@H](O)[C@@H](O)[C@@H](O[C@H]5[C@H](O)[C@@H](O)[C@@H](O[C@H]6[C@H](O)[C@@H](O)[C@@H](O[C@H]7[C@H](O)[C@@H](O)[C@@H](O[C@H]8[C@H](O)[C@@H](O)[C@@H](O[C@H]1[C@H](O)[C@H]2O)O[C@@H]8CO)O[C@@H]7CO)O[C@@H]6CO)O[C@@H]5CO)O[C@@H]4CO)O[C@@H]3CO. The third kappa shape index (κ3) is 14.2. The van der Waals surface area contributed by atoms with Gasteiger partial charge in [-0.15, -0.1) is 0 Å². The van der Waals surface area contributed by atoms with Crippen LogP contribution in [-0.4, -0.2) is 385 Å². The van der Waals surface area contributed by atoms with Crippen molar-refractivity contribution in [1.82, 2.24) is 10.3 Å². The summed E-state index contributed by atoms with van der Waals surface area (Å²) >= 11 is 0. The van der Waals surface area contributed by atoms with Crippen molar-refractivity contribution < 1.29 is 178 Å². The molecule has 0 unspecified atom stereocenters. The Morgan fingerprint density at radius 2 is 0.604 bits per heavy atom. The van der Waals surface area contributed by atoms with Crippen LogP contribution in [0.15, 0.2) is 30.5 Å². The van der Waals surface area contributed by atoms with Crippen molar-refractivity contribution >= 4 is 16.9 Å². The molecule has 21 aliphatic heterocycles. The summed E-state index contributed by atoms with van der Waals surface area (Å²) in [5.41, 5.74) is 1.22. The van der Waals surface area contributed by atoms with Gasteiger partial charge in [0.25, 0.3) is 0 Å².